The van der Waals surface area contributed by atoms with Crippen LogP contribution in [-0.4, -0.2) is 31.8 Å². The molecular formula is C14H19BrN2O3S. The van der Waals surface area contributed by atoms with Gasteiger partial charge in [0.15, 0.2) is 0 Å². The Labute approximate surface area is 133 Å². The smallest absolute Gasteiger partial charge is 0.254 e. The number of primary sulfonamides is 1. The predicted molar refractivity (Wildman–Crippen MR) is 84.5 cm³/mol. The number of piperidine rings is 1. The van der Waals surface area contributed by atoms with Gasteiger partial charge in [-0.2, -0.15) is 0 Å². The van der Waals surface area contributed by atoms with Crippen molar-refractivity contribution in [2.75, 3.05) is 6.54 Å². The number of amides is 1. The van der Waals surface area contributed by atoms with Crippen LogP contribution in [0.2, 0.25) is 0 Å². The molecule has 1 atom stereocenters. The molecule has 1 aromatic carbocycles. The molecule has 1 aliphatic heterocycles. The van der Waals surface area contributed by atoms with Crippen LogP contribution in [0, 0.1) is 0 Å². The van der Waals surface area contributed by atoms with E-state index in [1.807, 2.05) is 4.90 Å². The quantitative estimate of drug-likeness (QED) is 0.882. The Morgan fingerprint density at radius 1 is 1.38 bits per heavy atom. The lowest BCUT2D eigenvalue weighted by Crippen LogP contribution is -2.43. The number of hydrogen-bond acceptors (Lipinski definition) is 3. The molecule has 1 heterocycles. The molecule has 0 aromatic heterocycles. The van der Waals surface area contributed by atoms with Crippen molar-refractivity contribution >= 4 is 31.9 Å². The maximum absolute atomic E-state index is 12.7. The van der Waals surface area contributed by atoms with Crippen molar-refractivity contribution in [3.63, 3.8) is 0 Å². The van der Waals surface area contributed by atoms with E-state index in [9.17, 15) is 13.2 Å². The Morgan fingerprint density at radius 2 is 2.10 bits per heavy atom. The molecule has 1 fully saturated rings. The van der Waals surface area contributed by atoms with Gasteiger partial charge in [-0.05, 0) is 43.9 Å². The second-order valence-electron chi connectivity index (χ2n) is 5.28. The molecule has 1 aromatic rings. The number of nitrogens with zero attached hydrogens (tertiary/aromatic N) is 1. The summed E-state index contributed by atoms with van der Waals surface area (Å²) in [4.78, 5) is 14.5. The van der Waals surface area contributed by atoms with E-state index in [0.717, 1.165) is 25.7 Å². The second-order valence-corrected chi connectivity index (χ2v) is 7.75. The first-order valence-corrected chi connectivity index (χ1v) is 9.31. The number of likely N-dealkylation sites (tertiary alicyclic amines) is 1. The van der Waals surface area contributed by atoms with Gasteiger partial charge in [0.25, 0.3) is 5.91 Å². The van der Waals surface area contributed by atoms with E-state index in [4.69, 9.17) is 5.14 Å². The fourth-order valence-electron chi connectivity index (χ4n) is 2.71. The van der Waals surface area contributed by atoms with E-state index in [1.165, 1.54) is 12.1 Å². The zero-order valence-electron chi connectivity index (χ0n) is 11.9. The molecule has 0 aliphatic carbocycles. The third-order valence-corrected chi connectivity index (χ3v) is 5.16. The van der Waals surface area contributed by atoms with Crippen molar-refractivity contribution in [2.45, 2.75) is 43.5 Å². The van der Waals surface area contributed by atoms with E-state index in [-0.39, 0.29) is 16.8 Å². The first-order valence-electron chi connectivity index (χ1n) is 6.97. The molecular weight excluding hydrogens is 356 g/mol. The molecule has 7 heteroatoms. The standard InChI is InChI=1S/C14H19BrN2O3S/c1-2-12-5-3-4-6-17(12)14(18)10-7-11(15)9-13(8-10)21(16,19)20/h7-9,12H,2-6H2,1H3,(H2,16,19,20). The number of halogens is 1. The highest BCUT2D eigenvalue weighted by Crippen LogP contribution is 2.24. The fourth-order valence-corrected chi connectivity index (χ4v) is 3.94. The van der Waals surface area contributed by atoms with E-state index in [2.05, 4.69) is 22.9 Å². The summed E-state index contributed by atoms with van der Waals surface area (Å²) in [5.41, 5.74) is 0.355. The number of carbonyl (C=O) groups excluding carboxylic acids is 1. The van der Waals surface area contributed by atoms with Gasteiger partial charge >= 0.3 is 0 Å². The maximum atomic E-state index is 12.7. The van der Waals surface area contributed by atoms with Gasteiger partial charge in [-0.25, -0.2) is 13.6 Å². The number of nitrogens with two attached hydrogens (primary N) is 1. The number of carbonyl (C=O) groups is 1. The first kappa shape index (κ1) is 16.5. The van der Waals surface area contributed by atoms with Crippen LogP contribution in [0.15, 0.2) is 27.6 Å². The molecule has 0 radical (unpaired) electrons. The summed E-state index contributed by atoms with van der Waals surface area (Å²) in [7, 11) is -3.83. The zero-order chi connectivity index (χ0) is 15.6. The minimum atomic E-state index is -3.83. The monoisotopic (exact) mass is 374 g/mol. The van der Waals surface area contributed by atoms with Crippen LogP contribution < -0.4 is 5.14 Å². The zero-order valence-corrected chi connectivity index (χ0v) is 14.3. The SMILES string of the molecule is CCC1CCCCN1C(=O)c1cc(Br)cc(S(N)(=O)=O)c1. The minimum absolute atomic E-state index is 0.0507. The maximum Gasteiger partial charge on any atom is 0.254 e. The number of hydrogen-bond donors (Lipinski definition) is 1. The average Bonchev–Trinajstić information content (AvgIpc) is 2.45. The van der Waals surface area contributed by atoms with Gasteiger partial charge in [-0.1, -0.05) is 22.9 Å². The Morgan fingerprint density at radius 3 is 2.71 bits per heavy atom. The minimum Gasteiger partial charge on any atom is -0.336 e. The molecule has 1 unspecified atom stereocenters. The molecule has 2 rings (SSSR count). The lowest BCUT2D eigenvalue weighted by Gasteiger charge is -2.35. The molecule has 1 aliphatic rings. The summed E-state index contributed by atoms with van der Waals surface area (Å²) in [6.45, 7) is 2.78. The summed E-state index contributed by atoms with van der Waals surface area (Å²) in [6, 6.07) is 4.62. The third-order valence-electron chi connectivity index (χ3n) is 3.81. The lowest BCUT2D eigenvalue weighted by molar-refractivity contribution is 0.0607. The van der Waals surface area contributed by atoms with Crippen molar-refractivity contribution in [3.8, 4) is 0 Å². The van der Waals surface area contributed by atoms with Crippen molar-refractivity contribution in [1.29, 1.82) is 0 Å². The summed E-state index contributed by atoms with van der Waals surface area (Å²) < 4.78 is 23.5. The van der Waals surface area contributed by atoms with E-state index < -0.39 is 10.0 Å². The molecule has 116 valence electrons. The van der Waals surface area contributed by atoms with Crippen LogP contribution in [0.4, 0.5) is 0 Å². The van der Waals surface area contributed by atoms with Crippen molar-refractivity contribution < 1.29 is 13.2 Å². The lowest BCUT2D eigenvalue weighted by atomic mass is 9.99. The van der Waals surface area contributed by atoms with Crippen LogP contribution in [0.5, 0.6) is 0 Å². The van der Waals surface area contributed by atoms with Crippen LogP contribution in [-0.2, 0) is 10.0 Å². The van der Waals surface area contributed by atoms with E-state index in [1.54, 1.807) is 6.07 Å². The normalized spacial score (nSPS) is 19.6. The molecule has 0 spiro atoms. The highest BCUT2D eigenvalue weighted by atomic mass is 79.9. The van der Waals surface area contributed by atoms with Gasteiger partial charge in [0.05, 0.1) is 4.90 Å². The predicted octanol–water partition coefficient (Wildman–Crippen LogP) is 2.50. The van der Waals surface area contributed by atoms with Gasteiger partial charge < -0.3 is 4.90 Å². The van der Waals surface area contributed by atoms with Gasteiger partial charge in [-0.3, -0.25) is 4.79 Å². The average molecular weight is 375 g/mol. The summed E-state index contributed by atoms with van der Waals surface area (Å²) in [6.07, 6.45) is 4.02. The molecule has 5 nitrogen and oxygen atoms in total. The molecule has 2 N–H and O–H groups in total. The Hall–Kier alpha value is -0.920. The van der Waals surface area contributed by atoms with Gasteiger partial charge in [0.1, 0.15) is 0 Å². The molecule has 1 saturated heterocycles. The molecule has 0 bridgehead atoms. The Bertz CT molecular complexity index is 646. The number of rotatable bonds is 3. The van der Waals surface area contributed by atoms with Gasteiger partial charge in [0, 0.05) is 22.6 Å². The van der Waals surface area contributed by atoms with E-state index in [0.29, 0.717) is 16.6 Å². The van der Waals surface area contributed by atoms with Gasteiger partial charge in [0.2, 0.25) is 10.0 Å². The molecule has 1 amide bonds. The largest absolute Gasteiger partial charge is 0.336 e. The third kappa shape index (κ3) is 3.84. The Kier molecular flexibility index (Phi) is 5.06. The second kappa shape index (κ2) is 6.46. The van der Waals surface area contributed by atoms with Crippen LogP contribution in [0.3, 0.4) is 0 Å². The van der Waals surface area contributed by atoms with E-state index >= 15 is 0 Å². The number of benzene rings is 1. The van der Waals surface area contributed by atoms with Crippen molar-refractivity contribution in [1.82, 2.24) is 4.90 Å². The van der Waals surface area contributed by atoms with Crippen LogP contribution in [0.25, 0.3) is 0 Å². The summed E-state index contributed by atoms with van der Waals surface area (Å²) in [5, 5.41) is 5.15. The summed E-state index contributed by atoms with van der Waals surface area (Å²) >= 11 is 3.24. The molecule has 21 heavy (non-hydrogen) atoms. The topological polar surface area (TPSA) is 80.5 Å². The highest BCUT2D eigenvalue weighted by molar-refractivity contribution is 9.10. The highest BCUT2D eigenvalue weighted by Gasteiger charge is 2.27. The number of sulfonamides is 1. The van der Waals surface area contributed by atoms with Crippen molar-refractivity contribution in [2.24, 2.45) is 5.14 Å². The molecule has 0 saturated carbocycles. The van der Waals surface area contributed by atoms with Gasteiger partial charge in [-0.15, -0.1) is 0 Å². The first-order chi connectivity index (χ1) is 9.82. The van der Waals surface area contributed by atoms with Crippen molar-refractivity contribution in [3.05, 3.63) is 28.2 Å². The van der Waals surface area contributed by atoms with Crippen LogP contribution in [0.1, 0.15) is 43.0 Å². The van der Waals surface area contributed by atoms with Crippen LogP contribution >= 0.6 is 15.9 Å². The fraction of sp³-hybridized carbons (Fsp3) is 0.500. The summed E-state index contributed by atoms with van der Waals surface area (Å²) in [5.74, 6) is -0.132. The Balaban J connectivity index is 2.37.